The van der Waals surface area contributed by atoms with Gasteiger partial charge in [0.15, 0.2) is 9.84 Å². The van der Waals surface area contributed by atoms with Crippen LogP contribution in [-0.4, -0.2) is 26.1 Å². The molecule has 0 aromatic heterocycles. The van der Waals surface area contributed by atoms with Gasteiger partial charge in [-0.05, 0) is 31.0 Å². The lowest BCUT2D eigenvalue weighted by Gasteiger charge is -2.08. The van der Waals surface area contributed by atoms with Gasteiger partial charge in [-0.1, -0.05) is 6.07 Å². The Hall–Kier alpha value is -1.11. The van der Waals surface area contributed by atoms with Crippen molar-refractivity contribution in [3.05, 3.63) is 23.8 Å². The highest BCUT2D eigenvalue weighted by atomic mass is 35.5. The number of halogens is 1. The van der Waals surface area contributed by atoms with E-state index in [1.54, 1.807) is 19.1 Å². The number of hydrogen-bond acceptors (Lipinski definition) is 4. The Kier molecular flexibility index (Phi) is 4.37. The van der Waals surface area contributed by atoms with Crippen LogP contribution in [0.15, 0.2) is 23.1 Å². The second-order valence-electron chi connectivity index (χ2n) is 4.17. The monoisotopic (exact) mass is 290 g/mol. The molecular formula is C11H15ClN2O3S. The number of benzene rings is 1. The largest absolute Gasteiger partial charge is 0.325 e. The smallest absolute Gasteiger partial charge is 0.240 e. The Morgan fingerprint density at radius 2 is 2.11 bits per heavy atom. The molecule has 1 heterocycles. The number of nitrogens with two attached hydrogens (primary N) is 1. The molecule has 0 fully saturated rings. The summed E-state index contributed by atoms with van der Waals surface area (Å²) in [7, 11) is -3.17. The van der Waals surface area contributed by atoms with Crippen LogP contribution in [0.3, 0.4) is 0 Å². The molecule has 1 aliphatic rings. The van der Waals surface area contributed by atoms with Gasteiger partial charge in [-0.3, -0.25) is 4.79 Å². The number of carbonyl (C=O) groups excluding carboxylic acids is 1. The molecule has 2 rings (SSSR count). The van der Waals surface area contributed by atoms with Crippen molar-refractivity contribution in [1.82, 2.24) is 0 Å². The molecule has 0 spiro atoms. The van der Waals surface area contributed by atoms with Crippen molar-refractivity contribution in [2.45, 2.75) is 24.3 Å². The van der Waals surface area contributed by atoms with E-state index >= 15 is 0 Å². The Balaban J connectivity index is 0.00000162. The summed E-state index contributed by atoms with van der Waals surface area (Å²) in [4.78, 5) is 11.7. The summed E-state index contributed by atoms with van der Waals surface area (Å²) < 4.78 is 23.4. The van der Waals surface area contributed by atoms with Gasteiger partial charge in [0.1, 0.15) is 0 Å². The second kappa shape index (κ2) is 5.26. The van der Waals surface area contributed by atoms with E-state index < -0.39 is 15.9 Å². The van der Waals surface area contributed by atoms with Crippen LogP contribution in [0.5, 0.6) is 0 Å². The van der Waals surface area contributed by atoms with E-state index in [0.29, 0.717) is 17.0 Å². The summed E-state index contributed by atoms with van der Waals surface area (Å²) in [6, 6.07) is 4.30. The minimum atomic E-state index is -3.17. The van der Waals surface area contributed by atoms with E-state index in [2.05, 4.69) is 5.32 Å². The minimum Gasteiger partial charge on any atom is -0.325 e. The molecule has 1 amide bonds. The number of carbonyl (C=O) groups is 1. The molecule has 7 heteroatoms. The lowest BCUT2D eigenvalue weighted by Crippen LogP contribution is -2.32. The number of rotatable bonds is 2. The molecule has 3 N–H and O–H groups in total. The molecule has 0 saturated carbocycles. The molecule has 18 heavy (non-hydrogen) atoms. The summed E-state index contributed by atoms with van der Waals surface area (Å²) in [5.41, 5.74) is 6.70. The third kappa shape index (κ3) is 2.82. The zero-order valence-corrected chi connectivity index (χ0v) is 11.5. The van der Waals surface area contributed by atoms with Crippen molar-refractivity contribution < 1.29 is 13.2 Å². The fraction of sp³-hybridized carbons (Fsp3) is 0.364. The standard InChI is InChI=1S/C11H14N2O3S.ClH/c1-7(12)11(14)13-9-3-2-8-4-5-17(15,16)10(8)6-9;/h2-3,6-7H,4-5,12H2,1H3,(H,13,14);1H/t7-;/m0./s1. The van der Waals surface area contributed by atoms with E-state index in [4.69, 9.17) is 5.73 Å². The normalized spacial score (nSPS) is 17.4. The highest BCUT2D eigenvalue weighted by Gasteiger charge is 2.26. The van der Waals surface area contributed by atoms with Gasteiger partial charge in [0.05, 0.1) is 16.7 Å². The van der Waals surface area contributed by atoms with Crippen molar-refractivity contribution in [2.75, 3.05) is 11.1 Å². The van der Waals surface area contributed by atoms with E-state index in [1.807, 2.05) is 0 Å². The number of amides is 1. The van der Waals surface area contributed by atoms with Crippen LogP contribution in [0, 0.1) is 0 Å². The van der Waals surface area contributed by atoms with Crippen LogP contribution in [0.1, 0.15) is 12.5 Å². The Labute approximate surface area is 112 Å². The number of anilines is 1. The molecule has 5 nitrogen and oxygen atoms in total. The number of sulfone groups is 1. The predicted molar refractivity (Wildman–Crippen MR) is 71.7 cm³/mol. The molecule has 1 atom stereocenters. The van der Waals surface area contributed by atoms with E-state index in [-0.39, 0.29) is 24.1 Å². The first kappa shape index (κ1) is 14.9. The van der Waals surface area contributed by atoms with Gasteiger partial charge in [-0.25, -0.2) is 8.42 Å². The zero-order chi connectivity index (χ0) is 12.6. The maximum Gasteiger partial charge on any atom is 0.240 e. The Morgan fingerprint density at radius 3 is 2.72 bits per heavy atom. The molecular weight excluding hydrogens is 276 g/mol. The quantitative estimate of drug-likeness (QED) is 0.840. The third-order valence-corrected chi connectivity index (χ3v) is 4.52. The molecule has 1 aliphatic heterocycles. The first-order valence-corrected chi connectivity index (χ1v) is 6.97. The van der Waals surface area contributed by atoms with Gasteiger partial charge in [-0.15, -0.1) is 12.4 Å². The molecule has 0 saturated heterocycles. The maximum atomic E-state index is 11.7. The SMILES string of the molecule is C[C@H](N)C(=O)Nc1ccc2c(c1)S(=O)(=O)CC2.Cl. The predicted octanol–water partition coefficient (Wildman–Crippen LogP) is 0.724. The first-order chi connectivity index (χ1) is 7.90. The van der Waals surface area contributed by atoms with Crippen molar-refractivity contribution in [2.24, 2.45) is 5.73 Å². The Morgan fingerprint density at radius 1 is 1.44 bits per heavy atom. The molecule has 0 aliphatic carbocycles. The Bertz CT molecular complexity index is 570. The number of fused-ring (bicyclic) bond motifs is 1. The van der Waals surface area contributed by atoms with Crippen LogP contribution in [-0.2, 0) is 21.1 Å². The fourth-order valence-corrected chi connectivity index (χ4v) is 3.32. The van der Waals surface area contributed by atoms with Crippen molar-refractivity contribution >= 4 is 33.8 Å². The summed E-state index contributed by atoms with van der Waals surface area (Å²) in [5.74, 6) is -0.187. The number of nitrogens with one attached hydrogen (secondary N) is 1. The lowest BCUT2D eigenvalue weighted by atomic mass is 10.1. The van der Waals surface area contributed by atoms with E-state index in [0.717, 1.165) is 5.56 Å². The van der Waals surface area contributed by atoms with Crippen molar-refractivity contribution in [1.29, 1.82) is 0 Å². The third-order valence-electron chi connectivity index (χ3n) is 2.72. The summed E-state index contributed by atoms with van der Waals surface area (Å²) in [6.45, 7) is 1.57. The highest BCUT2D eigenvalue weighted by Crippen LogP contribution is 2.28. The van der Waals surface area contributed by atoms with E-state index in [9.17, 15) is 13.2 Å². The van der Waals surface area contributed by atoms with Gasteiger partial charge in [0.25, 0.3) is 0 Å². The van der Waals surface area contributed by atoms with Crippen LogP contribution < -0.4 is 11.1 Å². The van der Waals surface area contributed by atoms with Gasteiger partial charge >= 0.3 is 0 Å². The van der Waals surface area contributed by atoms with Gasteiger partial charge in [0.2, 0.25) is 5.91 Å². The maximum absolute atomic E-state index is 11.7. The number of aryl methyl sites for hydroxylation is 1. The summed E-state index contributed by atoms with van der Waals surface area (Å²) in [6.07, 6.45) is 0.541. The first-order valence-electron chi connectivity index (χ1n) is 5.32. The average Bonchev–Trinajstić information content (AvgIpc) is 2.55. The minimum absolute atomic E-state index is 0. The molecule has 100 valence electrons. The van der Waals surface area contributed by atoms with Crippen LogP contribution >= 0.6 is 12.4 Å². The summed E-state index contributed by atoms with van der Waals surface area (Å²) >= 11 is 0. The average molecular weight is 291 g/mol. The second-order valence-corrected chi connectivity index (χ2v) is 6.25. The zero-order valence-electron chi connectivity index (χ0n) is 9.84. The molecule has 0 unspecified atom stereocenters. The van der Waals surface area contributed by atoms with Crippen LogP contribution in [0.4, 0.5) is 5.69 Å². The van der Waals surface area contributed by atoms with Crippen LogP contribution in [0.25, 0.3) is 0 Å². The van der Waals surface area contributed by atoms with Gasteiger partial charge in [0, 0.05) is 5.69 Å². The van der Waals surface area contributed by atoms with Crippen LogP contribution in [0.2, 0.25) is 0 Å². The summed E-state index contributed by atoms with van der Waals surface area (Å²) in [5, 5.41) is 2.58. The molecule has 1 aromatic carbocycles. The topological polar surface area (TPSA) is 89.3 Å². The molecule has 0 radical (unpaired) electrons. The molecule has 0 bridgehead atoms. The van der Waals surface area contributed by atoms with Crippen molar-refractivity contribution in [3.63, 3.8) is 0 Å². The van der Waals surface area contributed by atoms with Gasteiger partial charge < -0.3 is 11.1 Å². The van der Waals surface area contributed by atoms with Gasteiger partial charge in [-0.2, -0.15) is 0 Å². The fourth-order valence-electron chi connectivity index (χ4n) is 1.74. The van der Waals surface area contributed by atoms with Crippen molar-refractivity contribution in [3.8, 4) is 0 Å². The lowest BCUT2D eigenvalue weighted by molar-refractivity contribution is -0.117. The number of hydrogen-bond donors (Lipinski definition) is 2. The molecule has 1 aromatic rings. The van der Waals surface area contributed by atoms with E-state index in [1.165, 1.54) is 6.07 Å². The highest BCUT2D eigenvalue weighted by molar-refractivity contribution is 7.91.